The molecule has 0 aliphatic carbocycles. The van der Waals surface area contributed by atoms with Gasteiger partial charge in [0.05, 0.1) is 17.1 Å². The molecule has 1 atom stereocenters. The van der Waals surface area contributed by atoms with Crippen molar-refractivity contribution in [3.63, 3.8) is 0 Å². The quantitative estimate of drug-likeness (QED) is 0.391. The van der Waals surface area contributed by atoms with Crippen molar-refractivity contribution in [1.29, 1.82) is 0 Å². The Morgan fingerprint density at radius 2 is 1.94 bits per heavy atom. The van der Waals surface area contributed by atoms with Crippen LogP contribution in [-0.4, -0.2) is 24.1 Å². The van der Waals surface area contributed by atoms with Crippen molar-refractivity contribution in [3.05, 3.63) is 80.9 Å². The van der Waals surface area contributed by atoms with Gasteiger partial charge in [0.15, 0.2) is 11.2 Å². The van der Waals surface area contributed by atoms with Crippen molar-refractivity contribution in [2.45, 2.75) is 26.8 Å². The minimum Gasteiger partial charge on any atom is -0.455 e. The summed E-state index contributed by atoms with van der Waals surface area (Å²) >= 11 is 6.10. The molecule has 3 aromatic heterocycles. The molecular formula is C25H25ClN4O2. The van der Waals surface area contributed by atoms with Gasteiger partial charge in [0.25, 0.3) is 0 Å². The Balaban J connectivity index is 1.87. The number of pyridine rings is 2. The second kappa shape index (κ2) is 8.63. The first-order valence-corrected chi connectivity index (χ1v) is 10.7. The van der Waals surface area contributed by atoms with Gasteiger partial charge in [0.2, 0.25) is 0 Å². The Labute approximate surface area is 191 Å². The van der Waals surface area contributed by atoms with E-state index in [2.05, 4.69) is 15.3 Å². The van der Waals surface area contributed by atoms with Crippen LogP contribution in [0.1, 0.15) is 29.7 Å². The lowest BCUT2D eigenvalue weighted by atomic mass is 9.99. The molecule has 1 aromatic carbocycles. The lowest BCUT2D eigenvalue weighted by Gasteiger charge is -2.22. The highest BCUT2D eigenvalue weighted by Crippen LogP contribution is 2.33. The second-order valence-corrected chi connectivity index (χ2v) is 8.51. The van der Waals surface area contributed by atoms with Crippen LogP contribution in [0, 0.1) is 13.8 Å². The highest BCUT2D eigenvalue weighted by Gasteiger charge is 2.20. The number of hydrogen-bond donors (Lipinski definition) is 1. The molecule has 0 aliphatic rings. The molecule has 164 valence electrons. The van der Waals surface area contributed by atoms with Crippen LogP contribution in [0.3, 0.4) is 0 Å². The number of nitrogens with one attached hydrogen (secondary N) is 1. The van der Waals surface area contributed by atoms with E-state index in [1.165, 1.54) is 0 Å². The molecule has 0 unspecified atom stereocenters. The fraction of sp³-hybridized carbons (Fsp3) is 0.240. The molecule has 7 heteroatoms. The Morgan fingerprint density at radius 1 is 1.16 bits per heavy atom. The van der Waals surface area contributed by atoms with E-state index in [1.54, 1.807) is 25.4 Å². The molecule has 0 radical (unpaired) electrons. The molecule has 3 heterocycles. The van der Waals surface area contributed by atoms with E-state index in [1.807, 2.05) is 63.2 Å². The summed E-state index contributed by atoms with van der Waals surface area (Å²) in [6.45, 7) is 5.81. The number of anilines is 2. The van der Waals surface area contributed by atoms with Crippen LogP contribution in [0.5, 0.6) is 0 Å². The fourth-order valence-corrected chi connectivity index (χ4v) is 3.99. The van der Waals surface area contributed by atoms with Gasteiger partial charge in [-0.05, 0) is 56.7 Å². The summed E-state index contributed by atoms with van der Waals surface area (Å²) < 4.78 is 6.37. The van der Waals surface area contributed by atoms with Crippen LogP contribution in [-0.2, 0) is 0 Å². The number of aromatic nitrogens is 2. The number of rotatable bonds is 5. The molecule has 4 rings (SSSR count). The predicted molar refractivity (Wildman–Crippen MR) is 131 cm³/mol. The number of aryl methyl sites for hydroxylation is 1. The zero-order chi connectivity index (χ0) is 23.0. The molecule has 1 N–H and O–H groups in total. The maximum atomic E-state index is 13.3. The number of hydrogen-bond acceptors (Lipinski definition) is 6. The Hall–Kier alpha value is -3.38. The molecule has 0 amide bonds. The number of halogens is 1. The van der Waals surface area contributed by atoms with Crippen LogP contribution < -0.4 is 15.6 Å². The molecule has 32 heavy (non-hydrogen) atoms. The third-order valence-electron chi connectivity index (χ3n) is 5.42. The second-order valence-electron chi connectivity index (χ2n) is 8.12. The summed E-state index contributed by atoms with van der Waals surface area (Å²) in [5.74, 6) is 1.27. The van der Waals surface area contributed by atoms with Crippen molar-refractivity contribution in [2.24, 2.45) is 0 Å². The first-order chi connectivity index (χ1) is 15.3. The monoisotopic (exact) mass is 448 g/mol. The largest absolute Gasteiger partial charge is 0.455 e. The van der Waals surface area contributed by atoms with Gasteiger partial charge in [-0.3, -0.25) is 9.78 Å². The van der Waals surface area contributed by atoms with Crippen molar-refractivity contribution < 1.29 is 4.42 Å². The van der Waals surface area contributed by atoms with Crippen LogP contribution in [0.25, 0.3) is 22.3 Å². The molecule has 4 aromatic rings. The standard InChI is InChI=1S/C25H25ClN4O2/c1-14-11-18(16(3)28-20-8-9-21(26)29-25(20)30(4)5)24-19(12-14)22(31)15(2)23(32-24)17-7-6-10-27-13-17/h6-13,16,28H,1-5H3/t16-/m1/s1. The lowest BCUT2D eigenvalue weighted by Crippen LogP contribution is -2.16. The number of fused-ring (bicyclic) bond motifs is 1. The summed E-state index contributed by atoms with van der Waals surface area (Å²) in [5.41, 5.74) is 4.59. The summed E-state index contributed by atoms with van der Waals surface area (Å²) in [6, 6.07) is 11.1. The van der Waals surface area contributed by atoms with Gasteiger partial charge in [0.1, 0.15) is 16.5 Å². The zero-order valence-electron chi connectivity index (χ0n) is 18.7. The molecular weight excluding hydrogens is 424 g/mol. The maximum Gasteiger partial charge on any atom is 0.196 e. The van der Waals surface area contributed by atoms with Gasteiger partial charge in [-0.2, -0.15) is 0 Å². The van der Waals surface area contributed by atoms with Crippen LogP contribution in [0.15, 0.2) is 58.0 Å². The SMILES string of the molecule is Cc1cc([C@@H](C)Nc2ccc(Cl)nc2N(C)C)c2oc(-c3cccnc3)c(C)c(=O)c2c1. The molecule has 0 bridgehead atoms. The molecule has 0 saturated carbocycles. The molecule has 0 saturated heterocycles. The van der Waals surface area contributed by atoms with Crippen molar-refractivity contribution in [2.75, 3.05) is 24.3 Å². The Kier molecular flexibility index (Phi) is 5.89. The molecule has 0 aliphatic heterocycles. The van der Waals surface area contributed by atoms with E-state index in [9.17, 15) is 4.79 Å². The van der Waals surface area contributed by atoms with E-state index < -0.39 is 0 Å². The predicted octanol–water partition coefficient (Wildman–Crippen LogP) is 5.76. The van der Waals surface area contributed by atoms with E-state index in [4.69, 9.17) is 16.0 Å². The normalized spacial score (nSPS) is 12.1. The van der Waals surface area contributed by atoms with Gasteiger partial charge in [-0.15, -0.1) is 0 Å². The van der Waals surface area contributed by atoms with Crippen LogP contribution >= 0.6 is 11.6 Å². The molecule has 6 nitrogen and oxygen atoms in total. The molecule has 0 spiro atoms. The first kappa shape index (κ1) is 21.8. The van der Waals surface area contributed by atoms with Crippen LogP contribution in [0.2, 0.25) is 5.15 Å². The van der Waals surface area contributed by atoms with E-state index in [-0.39, 0.29) is 11.5 Å². The van der Waals surface area contributed by atoms with E-state index in [0.29, 0.717) is 27.4 Å². The summed E-state index contributed by atoms with van der Waals surface area (Å²) in [5, 5.41) is 4.51. The highest BCUT2D eigenvalue weighted by atomic mass is 35.5. The highest BCUT2D eigenvalue weighted by molar-refractivity contribution is 6.29. The Morgan fingerprint density at radius 3 is 2.62 bits per heavy atom. The van der Waals surface area contributed by atoms with Gasteiger partial charge >= 0.3 is 0 Å². The smallest absolute Gasteiger partial charge is 0.196 e. The third-order valence-corrected chi connectivity index (χ3v) is 5.63. The number of benzene rings is 1. The van der Waals surface area contributed by atoms with Crippen molar-refractivity contribution in [3.8, 4) is 11.3 Å². The average Bonchev–Trinajstić information content (AvgIpc) is 2.77. The molecule has 0 fully saturated rings. The topological polar surface area (TPSA) is 71.3 Å². The van der Waals surface area contributed by atoms with Gasteiger partial charge in [-0.1, -0.05) is 17.7 Å². The zero-order valence-corrected chi connectivity index (χ0v) is 19.5. The fourth-order valence-electron chi connectivity index (χ4n) is 3.85. The average molecular weight is 449 g/mol. The van der Waals surface area contributed by atoms with Crippen LogP contribution in [0.4, 0.5) is 11.5 Å². The first-order valence-electron chi connectivity index (χ1n) is 10.3. The summed E-state index contributed by atoms with van der Waals surface area (Å²) in [6.07, 6.45) is 3.40. The lowest BCUT2D eigenvalue weighted by molar-refractivity contribution is 0.605. The number of nitrogens with zero attached hydrogens (tertiary/aromatic N) is 3. The van der Waals surface area contributed by atoms with Gasteiger partial charge in [0, 0.05) is 43.2 Å². The maximum absolute atomic E-state index is 13.3. The minimum atomic E-state index is -0.160. The minimum absolute atomic E-state index is 0.0376. The van der Waals surface area contributed by atoms with Gasteiger partial charge in [-0.25, -0.2) is 4.98 Å². The summed E-state index contributed by atoms with van der Waals surface area (Å²) in [7, 11) is 3.83. The van der Waals surface area contributed by atoms with E-state index in [0.717, 1.165) is 28.2 Å². The van der Waals surface area contributed by atoms with Crippen molar-refractivity contribution >= 4 is 34.1 Å². The third kappa shape index (κ3) is 4.06. The van der Waals surface area contributed by atoms with Gasteiger partial charge < -0.3 is 14.6 Å². The Bertz CT molecular complexity index is 1350. The van der Waals surface area contributed by atoms with E-state index >= 15 is 0 Å². The van der Waals surface area contributed by atoms with Crippen molar-refractivity contribution in [1.82, 2.24) is 9.97 Å². The summed E-state index contributed by atoms with van der Waals surface area (Å²) in [4.78, 5) is 23.8.